The lowest BCUT2D eigenvalue weighted by molar-refractivity contribution is 0.464. The van der Waals surface area contributed by atoms with E-state index >= 15 is 0 Å². The highest BCUT2D eigenvalue weighted by molar-refractivity contribution is 14.1. The molecule has 0 amide bonds. The smallest absolute Gasteiger partial charge is 0.123 e. The number of halogens is 1. The Bertz CT molecular complexity index is 773. The topological polar surface area (TPSA) is 20.2 Å². The molecule has 3 aromatic rings. The molecule has 3 heteroatoms. The Balaban J connectivity index is 2.49. The SMILES string of the molecule is CCc1cc2c(sc3cc(I)ccc32)c(CC)c1O. The second-order valence-corrected chi connectivity index (χ2v) is 6.99. The van der Waals surface area contributed by atoms with Crippen LogP contribution in [0.15, 0.2) is 24.3 Å². The van der Waals surface area contributed by atoms with E-state index in [0.29, 0.717) is 5.75 Å². The molecule has 0 aliphatic rings. The number of aryl methyl sites for hydroxylation is 2. The van der Waals surface area contributed by atoms with Crippen LogP contribution in [0.1, 0.15) is 25.0 Å². The first kappa shape index (κ1) is 13.2. The normalized spacial score (nSPS) is 11.5. The third kappa shape index (κ3) is 2.03. The zero-order chi connectivity index (χ0) is 13.6. The maximum Gasteiger partial charge on any atom is 0.123 e. The predicted octanol–water partition coefficient (Wildman–Crippen LogP) is 5.49. The van der Waals surface area contributed by atoms with Crippen LogP contribution >= 0.6 is 33.9 Å². The van der Waals surface area contributed by atoms with Gasteiger partial charge < -0.3 is 5.11 Å². The van der Waals surface area contributed by atoms with Gasteiger partial charge in [0.15, 0.2) is 0 Å². The number of thiophene rings is 1. The van der Waals surface area contributed by atoms with Crippen LogP contribution in [0.2, 0.25) is 0 Å². The van der Waals surface area contributed by atoms with E-state index in [2.05, 4.69) is 60.7 Å². The van der Waals surface area contributed by atoms with Crippen LogP contribution < -0.4 is 0 Å². The van der Waals surface area contributed by atoms with Gasteiger partial charge in [0.1, 0.15) is 5.75 Å². The van der Waals surface area contributed by atoms with Gasteiger partial charge in [0.05, 0.1) is 0 Å². The molecule has 0 fully saturated rings. The Morgan fingerprint density at radius 1 is 1.11 bits per heavy atom. The molecule has 0 radical (unpaired) electrons. The maximum absolute atomic E-state index is 10.4. The Hall–Kier alpha value is -0.810. The van der Waals surface area contributed by atoms with Gasteiger partial charge >= 0.3 is 0 Å². The molecular formula is C16H15IOS. The van der Waals surface area contributed by atoms with E-state index in [0.717, 1.165) is 24.0 Å². The highest BCUT2D eigenvalue weighted by Gasteiger charge is 2.15. The van der Waals surface area contributed by atoms with Crippen LogP contribution in [0.4, 0.5) is 0 Å². The van der Waals surface area contributed by atoms with Gasteiger partial charge in [-0.05, 0) is 59.2 Å². The number of phenols is 1. The van der Waals surface area contributed by atoms with E-state index in [9.17, 15) is 5.11 Å². The van der Waals surface area contributed by atoms with Crippen LogP contribution in [0.5, 0.6) is 5.75 Å². The summed E-state index contributed by atoms with van der Waals surface area (Å²) in [7, 11) is 0. The first-order valence-corrected chi connectivity index (χ1v) is 8.40. The van der Waals surface area contributed by atoms with Crippen molar-refractivity contribution in [3.63, 3.8) is 0 Å². The number of aromatic hydroxyl groups is 1. The van der Waals surface area contributed by atoms with Crippen molar-refractivity contribution in [2.75, 3.05) is 0 Å². The second-order valence-electron chi connectivity index (χ2n) is 4.69. The standard InChI is InChI=1S/C16H15IOS/c1-3-9-7-13-12-6-5-10(17)8-14(12)19-16(13)11(4-2)15(9)18/h5-8,18H,3-4H2,1-2H3. The van der Waals surface area contributed by atoms with Crippen molar-refractivity contribution in [2.24, 2.45) is 0 Å². The van der Waals surface area contributed by atoms with Gasteiger partial charge in [0, 0.05) is 29.3 Å². The fraction of sp³-hybridized carbons (Fsp3) is 0.250. The fourth-order valence-corrected chi connectivity index (χ4v) is 4.64. The van der Waals surface area contributed by atoms with Crippen LogP contribution in [0, 0.1) is 3.57 Å². The quantitative estimate of drug-likeness (QED) is 0.581. The van der Waals surface area contributed by atoms with Gasteiger partial charge in [-0.2, -0.15) is 0 Å². The van der Waals surface area contributed by atoms with Crippen molar-refractivity contribution in [1.82, 2.24) is 0 Å². The molecule has 98 valence electrons. The van der Waals surface area contributed by atoms with Gasteiger partial charge in [-0.25, -0.2) is 0 Å². The molecule has 1 heterocycles. The average molecular weight is 382 g/mol. The van der Waals surface area contributed by atoms with E-state index in [1.54, 1.807) is 11.3 Å². The lowest BCUT2D eigenvalue weighted by Gasteiger charge is -2.08. The molecule has 0 spiro atoms. The van der Waals surface area contributed by atoms with E-state index < -0.39 is 0 Å². The van der Waals surface area contributed by atoms with Crippen molar-refractivity contribution < 1.29 is 5.11 Å². The van der Waals surface area contributed by atoms with Crippen molar-refractivity contribution in [3.8, 4) is 5.75 Å². The molecular weight excluding hydrogens is 367 g/mol. The summed E-state index contributed by atoms with van der Waals surface area (Å²) in [5.41, 5.74) is 2.16. The molecule has 2 aromatic carbocycles. The van der Waals surface area contributed by atoms with Crippen LogP contribution in [0.3, 0.4) is 0 Å². The summed E-state index contributed by atoms with van der Waals surface area (Å²) in [6, 6.07) is 8.74. The summed E-state index contributed by atoms with van der Waals surface area (Å²) < 4.78 is 3.81. The molecule has 0 bridgehead atoms. The molecule has 0 aliphatic carbocycles. The molecule has 1 nitrogen and oxygen atoms in total. The molecule has 0 saturated heterocycles. The Morgan fingerprint density at radius 3 is 2.58 bits per heavy atom. The summed E-state index contributed by atoms with van der Waals surface area (Å²) in [6.45, 7) is 4.21. The maximum atomic E-state index is 10.4. The zero-order valence-electron chi connectivity index (χ0n) is 11.0. The number of phenolic OH excluding ortho intramolecular Hbond substituents is 1. The average Bonchev–Trinajstić information content (AvgIpc) is 2.74. The van der Waals surface area contributed by atoms with Gasteiger partial charge in [-0.15, -0.1) is 11.3 Å². The lowest BCUT2D eigenvalue weighted by Crippen LogP contribution is -1.89. The number of hydrogen-bond acceptors (Lipinski definition) is 2. The minimum absolute atomic E-state index is 0.499. The largest absolute Gasteiger partial charge is 0.507 e. The molecule has 1 aromatic heterocycles. The second kappa shape index (κ2) is 4.94. The monoisotopic (exact) mass is 382 g/mol. The van der Waals surface area contributed by atoms with Gasteiger partial charge in [-0.3, -0.25) is 0 Å². The number of rotatable bonds is 2. The summed E-state index contributed by atoms with van der Waals surface area (Å²) in [6.07, 6.45) is 1.75. The van der Waals surface area contributed by atoms with Crippen molar-refractivity contribution in [2.45, 2.75) is 26.7 Å². The minimum Gasteiger partial charge on any atom is -0.507 e. The summed E-state index contributed by atoms with van der Waals surface area (Å²) in [4.78, 5) is 0. The first-order chi connectivity index (χ1) is 9.15. The third-order valence-electron chi connectivity index (χ3n) is 3.61. The molecule has 0 unspecified atom stereocenters. The third-order valence-corrected chi connectivity index (χ3v) is 5.51. The Kier molecular flexibility index (Phi) is 3.43. The van der Waals surface area contributed by atoms with Crippen LogP contribution in [-0.2, 0) is 12.8 Å². The van der Waals surface area contributed by atoms with Gasteiger partial charge in [0.25, 0.3) is 0 Å². The van der Waals surface area contributed by atoms with Crippen molar-refractivity contribution in [3.05, 3.63) is 39.0 Å². The summed E-state index contributed by atoms with van der Waals surface area (Å²) >= 11 is 4.14. The molecule has 3 rings (SSSR count). The van der Waals surface area contributed by atoms with Crippen molar-refractivity contribution in [1.29, 1.82) is 0 Å². The van der Waals surface area contributed by atoms with E-state index in [1.807, 2.05) is 0 Å². The van der Waals surface area contributed by atoms with Crippen LogP contribution in [0.25, 0.3) is 20.2 Å². The first-order valence-electron chi connectivity index (χ1n) is 6.51. The lowest BCUT2D eigenvalue weighted by atomic mass is 10.0. The van der Waals surface area contributed by atoms with E-state index in [1.165, 1.54) is 23.7 Å². The molecule has 1 N–H and O–H groups in total. The van der Waals surface area contributed by atoms with Gasteiger partial charge in [-0.1, -0.05) is 19.9 Å². The van der Waals surface area contributed by atoms with E-state index in [4.69, 9.17) is 0 Å². The fourth-order valence-electron chi connectivity index (χ4n) is 2.60. The van der Waals surface area contributed by atoms with Crippen LogP contribution in [-0.4, -0.2) is 5.11 Å². The molecule has 19 heavy (non-hydrogen) atoms. The highest BCUT2D eigenvalue weighted by atomic mass is 127. The molecule has 0 saturated carbocycles. The predicted molar refractivity (Wildman–Crippen MR) is 92.5 cm³/mol. The Morgan fingerprint density at radius 2 is 1.89 bits per heavy atom. The molecule has 0 atom stereocenters. The highest BCUT2D eigenvalue weighted by Crippen LogP contribution is 2.41. The number of hydrogen-bond donors (Lipinski definition) is 1. The summed E-state index contributed by atoms with van der Waals surface area (Å²) in [5.74, 6) is 0.499. The van der Waals surface area contributed by atoms with Gasteiger partial charge in [0.2, 0.25) is 0 Å². The number of benzene rings is 2. The van der Waals surface area contributed by atoms with E-state index in [-0.39, 0.29) is 0 Å². The minimum atomic E-state index is 0.499. The Labute approximate surface area is 130 Å². The summed E-state index contributed by atoms with van der Waals surface area (Å²) in [5, 5.41) is 13.0. The number of fused-ring (bicyclic) bond motifs is 3. The zero-order valence-corrected chi connectivity index (χ0v) is 13.9. The molecule has 0 aliphatic heterocycles. The van der Waals surface area contributed by atoms with Crippen molar-refractivity contribution >= 4 is 54.1 Å².